The summed E-state index contributed by atoms with van der Waals surface area (Å²) in [5, 5.41) is 1.40. The molecule has 0 bridgehead atoms. The van der Waals surface area contributed by atoms with Gasteiger partial charge in [-0.2, -0.15) is 4.72 Å². The van der Waals surface area contributed by atoms with Gasteiger partial charge in [0.25, 0.3) is 0 Å². The van der Waals surface area contributed by atoms with Crippen LogP contribution < -0.4 is 4.72 Å². The van der Waals surface area contributed by atoms with E-state index in [0.717, 1.165) is 5.39 Å². The molecule has 0 radical (unpaired) electrons. The first-order valence-electron chi connectivity index (χ1n) is 5.36. The zero-order chi connectivity index (χ0) is 13.2. The van der Waals surface area contributed by atoms with Gasteiger partial charge in [-0.25, -0.2) is 8.42 Å². The Hall–Kier alpha value is -1.90. The number of nitrogens with one attached hydrogen (secondary N) is 1. The van der Waals surface area contributed by atoms with Crippen molar-refractivity contribution in [3.05, 3.63) is 36.7 Å². The molecule has 2 rings (SSSR count). The van der Waals surface area contributed by atoms with E-state index in [9.17, 15) is 8.42 Å². The van der Waals surface area contributed by atoms with Crippen LogP contribution in [0.15, 0.2) is 41.6 Å². The van der Waals surface area contributed by atoms with Crippen LogP contribution >= 0.6 is 0 Å². The molecule has 1 aromatic carbocycles. The molecule has 0 aliphatic heterocycles. The number of fused-ring (bicyclic) bond motifs is 1. The molecule has 0 aliphatic carbocycles. The van der Waals surface area contributed by atoms with E-state index in [4.69, 9.17) is 6.42 Å². The Morgan fingerprint density at radius 2 is 2.17 bits per heavy atom. The predicted octanol–water partition coefficient (Wildman–Crippen LogP) is 1.53. The summed E-state index contributed by atoms with van der Waals surface area (Å²) in [6.07, 6.45) is 8.37. The quantitative estimate of drug-likeness (QED) is 0.851. The van der Waals surface area contributed by atoms with Crippen molar-refractivity contribution in [1.82, 2.24) is 9.71 Å². The van der Waals surface area contributed by atoms with E-state index < -0.39 is 16.1 Å². The maximum Gasteiger partial charge on any atom is 0.242 e. The van der Waals surface area contributed by atoms with Crippen LogP contribution in [0.1, 0.15) is 6.92 Å². The lowest BCUT2D eigenvalue weighted by molar-refractivity contribution is 0.578. The van der Waals surface area contributed by atoms with Crippen LogP contribution in [0.4, 0.5) is 0 Å². The van der Waals surface area contributed by atoms with Crippen LogP contribution in [0.5, 0.6) is 0 Å². The number of hydrogen-bond acceptors (Lipinski definition) is 3. The normalized spacial score (nSPS) is 13.1. The molecule has 5 heteroatoms. The van der Waals surface area contributed by atoms with Crippen molar-refractivity contribution in [2.24, 2.45) is 0 Å². The highest BCUT2D eigenvalue weighted by Gasteiger charge is 2.18. The van der Waals surface area contributed by atoms with E-state index in [-0.39, 0.29) is 4.90 Å². The molecule has 1 atom stereocenters. The zero-order valence-electron chi connectivity index (χ0n) is 9.79. The number of terminal acetylenes is 1. The Balaban J connectivity index is 2.58. The van der Waals surface area contributed by atoms with Crippen molar-refractivity contribution >= 4 is 20.8 Å². The summed E-state index contributed by atoms with van der Waals surface area (Å²) in [5.74, 6) is 2.34. The van der Waals surface area contributed by atoms with E-state index in [1.165, 1.54) is 0 Å². The smallest absolute Gasteiger partial charge is 0.242 e. The molecule has 0 saturated carbocycles. The molecule has 0 fully saturated rings. The standard InChI is InChI=1S/C13H12N2O2S/c1-3-10(2)15-18(16,17)13-6-4-5-11-9-14-8-7-12(11)13/h1,4-10,15H,2H3. The van der Waals surface area contributed by atoms with Gasteiger partial charge in [0, 0.05) is 23.2 Å². The van der Waals surface area contributed by atoms with E-state index in [1.54, 1.807) is 37.5 Å². The second-order valence-corrected chi connectivity index (χ2v) is 5.55. The topological polar surface area (TPSA) is 59.1 Å². The lowest BCUT2D eigenvalue weighted by Gasteiger charge is -2.11. The minimum atomic E-state index is -3.62. The van der Waals surface area contributed by atoms with Gasteiger partial charge >= 0.3 is 0 Å². The maximum atomic E-state index is 12.2. The fraction of sp³-hybridized carbons (Fsp3) is 0.154. The zero-order valence-corrected chi connectivity index (χ0v) is 10.6. The summed E-state index contributed by atoms with van der Waals surface area (Å²) in [7, 11) is -3.62. The van der Waals surface area contributed by atoms with E-state index in [0.29, 0.717) is 5.39 Å². The Morgan fingerprint density at radius 1 is 1.39 bits per heavy atom. The number of hydrogen-bond donors (Lipinski definition) is 1. The first-order chi connectivity index (χ1) is 8.54. The Bertz CT molecular complexity index is 712. The Kier molecular flexibility index (Phi) is 3.32. The molecular formula is C13H12N2O2S. The molecule has 1 N–H and O–H groups in total. The highest BCUT2D eigenvalue weighted by molar-refractivity contribution is 7.89. The van der Waals surface area contributed by atoms with Crippen LogP contribution in [0.3, 0.4) is 0 Å². The molecule has 18 heavy (non-hydrogen) atoms. The van der Waals surface area contributed by atoms with Gasteiger partial charge in [0.1, 0.15) is 0 Å². The van der Waals surface area contributed by atoms with Gasteiger partial charge in [-0.15, -0.1) is 6.42 Å². The fourth-order valence-electron chi connectivity index (χ4n) is 1.66. The summed E-state index contributed by atoms with van der Waals surface area (Å²) in [4.78, 5) is 4.18. The molecule has 2 aromatic rings. The fourth-order valence-corrected chi connectivity index (χ4v) is 3.05. The maximum absolute atomic E-state index is 12.2. The molecule has 0 spiro atoms. The van der Waals surface area contributed by atoms with Crippen molar-refractivity contribution in [2.45, 2.75) is 17.9 Å². The third-order valence-corrected chi connectivity index (χ3v) is 4.11. The number of nitrogens with zero attached hydrogens (tertiary/aromatic N) is 1. The number of sulfonamides is 1. The molecule has 92 valence electrons. The Labute approximate surface area is 106 Å². The van der Waals surface area contributed by atoms with Crippen molar-refractivity contribution < 1.29 is 8.42 Å². The summed E-state index contributed by atoms with van der Waals surface area (Å²) in [5.41, 5.74) is 0. The summed E-state index contributed by atoms with van der Waals surface area (Å²) in [6, 6.07) is 6.16. The molecular weight excluding hydrogens is 248 g/mol. The molecule has 1 aromatic heterocycles. The van der Waals surface area contributed by atoms with Gasteiger partial charge in [0.15, 0.2) is 0 Å². The van der Waals surface area contributed by atoms with Gasteiger partial charge in [0.2, 0.25) is 10.0 Å². The SMILES string of the molecule is C#CC(C)NS(=O)(=O)c1cccc2cnccc12. The van der Waals surface area contributed by atoms with Gasteiger partial charge in [-0.3, -0.25) is 4.98 Å². The number of pyridine rings is 1. The van der Waals surface area contributed by atoms with Crippen molar-refractivity contribution in [1.29, 1.82) is 0 Å². The third kappa shape index (κ3) is 2.35. The lowest BCUT2D eigenvalue weighted by Crippen LogP contribution is -2.31. The first-order valence-corrected chi connectivity index (χ1v) is 6.84. The summed E-state index contributed by atoms with van der Waals surface area (Å²) >= 11 is 0. The van der Waals surface area contributed by atoms with Crippen molar-refractivity contribution in [3.8, 4) is 12.3 Å². The van der Waals surface area contributed by atoms with Crippen LogP contribution in [0.25, 0.3) is 10.8 Å². The second-order valence-electron chi connectivity index (χ2n) is 3.86. The van der Waals surface area contributed by atoms with Crippen LogP contribution in [0.2, 0.25) is 0 Å². The minimum Gasteiger partial charge on any atom is -0.264 e. The van der Waals surface area contributed by atoms with E-state index in [1.807, 2.05) is 6.07 Å². The first kappa shape index (κ1) is 12.6. The van der Waals surface area contributed by atoms with Crippen LogP contribution in [0, 0.1) is 12.3 Å². The highest BCUT2D eigenvalue weighted by Crippen LogP contribution is 2.21. The average molecular weight is 260 g/mol. The molecule has 4 nitrogen and oxygen atoms in total. The summed E-state index contributed by atoms with van der Waals surface area (Å²) in [6.45, 7) is 1.62. The second kappa shape index (κ2) is 4.77. The van der Waals surface area contributed by atoms with Gasteiger partial charge in [-0.05, 0) is 19.1 Å². The number of rotatable bonds is 3. The minimum absolute atomic E-state index is 0.213. The highest BCUT2D eigenvalue weighted by atomic mass is 32.2. The van der Waals surface area contributed by atoms with Gasteiger partial charge in [0.05, 0.1) is 10.9 Å². The largest absolute Gasteiger partial charge is 0.264 e. The predicted molar refractivity (Wildman–Crippen MR) is 70.4 cm³/mol. The molecule has 0 aliphatic rings. The monoisotopic (exact) mass is 260 g/mol. The molecule has 0 saturated heterocycles. The summed E-state index contributed by atoms with van der Waals surface area (Å²) < 4.78 is 26.8. The average Bonchev–Trinajstić information content (AvgIpc) is 2.37. The van der Waals surface area contributed by atoms with Crippen LogP contribution in [-0.4, -0.2) is 19.4 Å². The van der Waals surface area contributed by atoms with Crippen molar-refractivity contribution in [3.63, 3.8) is 0 Å². The van der Waals surface area contributed by atoms with Crippen LogP contribution in [-0.2, 0) is 10.0 Å². The Morgan fingerprint density at radius 3 is 2.89 bits per heavy atom. The number of benzene rings is 1. The molecule has 1 heterocycles. The van der Waals surface area contributed by atoms with Gasteiger partial charge < -0.3 is 0 Å². The van der Waals surface area contributed by atoms with Gasteiger partial charge in [-0.1, -0.05) is 18.1 Å². The van der Waals surface area contributed by atoms with E-state index >= 15 is 0 Å². The number of aromatic nitrogens is 1. The van der Waals surface area contributed by atoms with Crippen molar-refractivity contribution in [2.75, 3.05) is 0 Å². The lowest BCUT2D eigenvalue weighted by atomic mass is 10.2. The van der Waals surface area contributed by atoms with E-state index in [2.05, 4.69) is 15.6 Å². The third-order valence-electron chi connectivity index (χ3n) is 2.51. The molecule has 0 amide bonds. The molecule has 1 unspecified atom stereocenters.